The van der Waals surface area contributed by atoms with E-state index >= 15 is 0 Å². The number of aliphatic hydroxyl groups is 1. The van der Waals surface area contributed by atoms with E-state index in [-0.39, 0.29) is 37.5 Å². The van der Waals surface area contributed by atoms with E-state index in [0.717, 1.165) is 24.1 Å². The van der Waals surface area contributed by atoms with Crippen molar-refractivity contribution in [1.29, 1.82) is 0 Å². The van der Waals surface area contributed by atoms with Crippen LogP contribution in [0, 0.1) is 5.82 Å². The molecule has 0 fully saturated rings. The third-order valence-electron chi connectivity index (χ3n) is 3.90. The van der Waals surface area contributed by atoms with Gasteiger partial charge in [-0.05, 0) is 36.1 Å². The first-order valence-corrected chi connectivity index (χ1v) is 7.60. The Morgan fingerprint density at radius 2 is 2.35 bits per heavy atom. The molecule has 7 heteroatoms. The number of benzene rings is 1. The highest BCUT2D eigenvalue weighted by molar-refractivity contribution is 5.75. The van der Waals surface area contributed by atoms with Crippen molar-refractivity contribution in [2.45, 2.75) is 25.4 Å². The Morgan fingerprint density at radius 1 is 1.48 bits per heavy atom. The lowest BCUT2D eigenvalue weighted by Gasteiger charge is -2.13. The van der Waals surface area contributed by atoms with Crippen molar-refractivity contribution in [3.63, 3.8) is 0 Å². The summed E-state index contributed by atoms with van der Waals surface area (Å²) in [5, 5.41) is 18.7. The summed E-state index contributed by atoms with van der Waals surface area (Å²) in [6.07, 6.45) is 5.22. The summed E-state index contributed by atoms with van der Waals surface area (Å²) < 4.78 is 14.9. The van der Waals surface area contributed by atoms with Crippen molar-refractivity contribution in [2.24, 2.45) is 0 Å². The standard InChI is InChI=1S/C16H19FN4O2/c17-12-3-1-11-2-4-15(14(11)7-12)20-13-8-19-21(9-13)10-16(23)18-5-6-22/h1,3,7-9,15,20,22H,2,4-6,10H2,(H,18,23). The van der Waals surface area contributed by atoms with E-state index in [9.17, 15) is 9.18 Å². The summed E-state index contributed by atoms with van der Waals surface area (Å²) >= 11 is 0. The molecule has 1 atom stereocenters. The van der Waals surface area contributed by atoms with E-state index in [1.54, 1.807) is 18.5 Å². The third kappa shape index (κ3) is 3.68. The van der Waals surface area contributed by atoms with Crippen LogP contribution in [-0.2, 0) is 17.8 Å². The zero-order valence-electron chi connectivity index (χ0n) is 12.6. The fraction of sp³-hybridized carbons (Fsp3) is 0.375. The summed E-state index contributed by atoms with van der Waals surface area (Å²) in [6, 6.07) is 4.96. The highest BCUT2D eigenvalue weighted by Gasteiger charge is 2.23. The first-order chi connectivity index (χ1) is 11.2. The number of aromatic nitrogens is 2. The van der Waals surface area contributed by atoms with Crippen LogP contribution in [0.5, 0.6) is 0 Å². The van der Waals surface area contributed by atoms with Crippen LogP contribution in [0.25, 0.3) is 0 Å². The number of carbonyl (C=O) groups excluding carboxylic acids is 1. The van der Waals surface area contributed by atoms with E-state index in [1.165, 1.54) is 16.3 Å². The smallest absolute Gasteiger partial charge is 0.241 e. The van der Waals surface area contributed by atoms with E-state index in [2.05, 4.69) is 15.7 Å². The maximum Gasteiger partial charge on any atom is 0.241 e. The normalized spacial score (nSPS) is 16.2. The van der Waals surface area contributed by atoms with Gasteiger partial charge in [0.1, 0.15) is 12.4 Å². The number of nitrogens with zero attached hydrogens (tertiary/aromatic N) is 2. The number of halogens is 1. The average molecular weight is 318 g/mol. The average Bonchev–Trinajstić information content (AvgIpc) is 3.13. The quantitative estimate of drug-likeness (QED) is 0.748. The molecule has 3 N–H and O–H groups in total. The second-order valence-electron chi connectivity index (χ2n) is 5.58. The molecule has 1 aliphatic carbocycles. The second-order valence-corrected chi connectivity index (χ2v) is 5.58. The van der Waals surface area contributed by atoms with Crippen LogP contribution in [0.4, 0.5) is 10.1 Å². The molecule has 0 radical (unpaired) electrons. The van der Waals surface area contributed by atoms with Gasteiger partial charge in [-0.25, -0.2) is 4.39 Å². The molecule has 1 aromatic carbocycles. The molecule has 23 heavy (non-hydrogen) atoms. The van der Waals surface area contributed by atoms with Gasteiger partial charge in [-0.15, -0.1) is 0 Å². The van der Waals surface area contributed by atoms with Gasteiger partial charge in [0.25, 0.3) is 0 Å². The largest absolute Gasteiger partial charge is 0.395 e. The van der Waals surface area contributed by atoms with E-state index in [4.69, 9.17) is 5.11 Å². The number of amides is 1. The van der Waals surface area contributed by atoms with Crippen LogP contribution in [0.2, 0.25) is 0 Å². The first-order valence-electron chi connectivity index (χ1n) is 7.60. The Labute approximate surface area is 133 Å². The molecular formula is C16H19FN4O2. The van der Waals surface area contributed by atoms with Crippen LogP contribution in [-0.4, -0.2) is 33.9 Å². The van der Waals surface area contributed by atoms with Crippen molar-refractivity contribution in [2.75, 3.05) is 18.5 Å². The highest BCUT2D eigenvalue weighted by Crippen LogP contribution is 2.34. The molecule has 1 heterocycles. The molecule has 3 rings (SSSR count). The van der Waals surface area contributed by atoms with Gasteiger partial charge >= 0.3 is 0 Å². The SMILES string of the molecule is O=C(Cn1cc(NC2CCc3ccc(F)cc32)cn1)NCCO. The Hall–Kier alpha value is -2.41. The van der Waals surface area contributed by atoms with Crippen LogP contribution in [0.15, 0.2) is 30.6 Å². The Morgan fingerprint density at radius 3 is 3.17 bits per heavy atom. The molecule has 0 aliphatic heterocycles. The molecule has 0 saturated carbocycles. The van der Waals surface area contributed by atoms with Gasteiger partial charge in [0.2, 0.25) is 5.91 Å². The predicted octanol–water partition coefficient (Wildman–Crippen LogP) is 1.23. The van der Waals surface area contributed by atoms with Crippen molar-refractivity contribution >= 4 is 11.6 Å². The van der Waals surface area contributed by atoms with Crippen LogP contribution < -0.4 is 10.6 Å². The maximum absolute atomic E-state index is 13.4. The number of aliphatic hydroxyl groups excluding tert-OH is 1. The van der Waals surface area contributed by atoms with E-state index < -0.39 is 0 Å². The van der Waals surface area contributed by atoms with E-state index in [1.807, 2.05) is 6.07 Å². The number of rotatable bonds is 6. The number of aryl methyl sites for hydroxylation is 1. The molecule has 1 aromatic heterocycles. The minimum absolute atomic E-state index is 0.0570. The number of hydrogen-bond donors (Lipinski definition) is 3. The number of fused-ring (bicyclic) bond motifs is 1. The van der Waals surface area contributed by atoms with Crippen molar-refractivity contribution in [3.05, 3.63) is 47.5 Å². The molecule has 6 nitrogen and oxygen atoms in total. The van der Waals surface area contributed by atoms with Gasteiger partial charge in [-0.3, -0.25) is 9.48 Å². The minimum atomic E-state index is -0.228. The van der Waals surface area contributed by atoms with Gasteiger partial charge in [-0.1, -0.05) is 6.07 Å². The van der Waals surface area contributed by atoms with Crippen LogP contribution in [0.3, 0.4) is 0 Å². The number of carbonyl (C=O) groups is 1. The van der Waals surface area contributed by atoms with Crippen LogP contribution >= 0.6 is 0 Å². The van der Waals surface area contributed by atoms with Gasteiger partial charge in [0, 0.05) is 12.7 Å². The van der Waals surface area contributed by atoms with Crippen molar-refractivity contribution in [1.82, 2.24) is 15.1 Å². The lowest BCUT2D eigenvalue weighted by Crippen LogP contribution is -2.30. The maximum atomic E-state index is 13.4. The molecule has 1 amide bonds. The molecule has 0 spiro atoms. The molecule has 0 saturated heterocycles. The van der Waals surface area contributed by atoms with Gasteiger partial charge in [-0.2, -0.15) is 5.10 Å². The van der Waals surface area contributed by atoms with Crippen molar-refractivity contribution in [3.8, 4) is 0 Å². The highest BCUT2D eigenvalue weighted by atomic mass is 19.1. The second kappa shape index (κ2) is 6.78. The monoisotopic (exact) mass is 318 g/mol. The molecule has 1 unspecified atom stereocenters. The fourth-order valence-corrected chi connectivity index (χ4v) is 2.85. The number of nitrogens with one attached hydrogen (secondary N) is 2. The van der Waals surface area contributed by atoms with Gasteiger partial charge in [0.05, 0.1) is 24.5 Å². The third-order valence-corrected chi connectivity index (χ3v) is 3.90. The first kappa shape index (κ1) is 15.5. The molecule has 2 aromatic rings. The summed E-state index contributed by atoms with van der Waals surface area (Å²) in [4.78, 5) is 11.6. The molecule has 0 bridgehead atoms. The summed E-state index contributed by atoms with van der Waals surface area (Å²) in [6.45, 7) is 0.239. The summed E-state index contributed by atoms with van der Waals surface area (Å²) in [5.41, 5.74) is 2.94. The number of hydrogen-bond acceptors (Lipinski definition) is 4. The molecule has 122 valence electrons. The Kier molecular flexibility index (Phi) is 4.57. The van der Waals surface area contributed by atoms with Crippen molar-refractivity contribution < 1.29 is 14.3 Å². The van der Waals surface area contributed by atoms with Gasteiger partial charge < -0.3 is 15.7 Å². The van der Waals surface area contributed by atoms with E-state index in [0.29, 0.717) is 0 Å². The Balaban J connectivity index is 1.62. The number of anilines is 1. The van der Waals surface area contributed by atoms with Crippen LogP contribution in [0.1, 0.15) is 23.6 Å². The zero-order valence-corrected chi connectivity index (χ0v) is 12.6. The molecule has 1 aliphatic rings. The summed E-state index contributed by atoms with van der Waals surface area (Å²) in [7, 11) is 0. The molecular weight excluding hydrogens is 299 g/mol. The van der Waals surface area contributed by atoms with Gasteiger partial charge in [0.15, 0.2) is 0 Å². The topological polar surface area (TPSA) is 79.2 Å². The predicted molar refractivity (Wildman–Crippen MR) is 83.4 cm³/mol. The fourth-order valence-electron chi connectivity index (χ4n) is 2.85. The lowest BCUT2D eigenvalue weighted by molar-refractivity contribution is -0.122. The lowest BCUT2D eigenvalue weighted by atomic mass is 10.1. The zero-order chi connectivity index (χ0) is 16.2. The Bertz CT molecular complexity index is 701. The summed E-state index contributed by atoms with van der Waals surface area (Å²) in [5.74, 6) is -0.435. The minimum Gasteiger partial charge on any atom is -0.395 e.